The van der Waals surface area contributed by atoms with Crippen molar-refractivity contribution in [2.75, 3.05) is 20.8 Å². The maximum Gasteiger partial charge on any atom is 0.410 e. The molecule has 2 saturated heterocycles. The molecule has 0 saturated carbocycles. The highest BCUT2D eigenvalue weighted by molar-refractivity contribution is 6.33. The van der Waals surface area contributed by atoms with Gasteiger partial charge in [0.05, 0.1) is 23.8 Å². The lowest BCUT2D eigenvalue weighted by Crippen LogP contribution is -2.66. The van der Waals surface area contributed by atoms with Gasteiger partial charge >= 0.3 is 18.0 Å². The number of benzene rings is 7. The average Bonchev–Trinajstić information content (AvgIpc) is 0.755. The number of nitrogens with zero attached hydrogens (tertiary/aromatic N) is 1. The first-order valence-electron chi connectivity index (χ1n) is 41.0. The van der Waals surface area contributed by atoms with Crippen LogP contribution < -0.4 is 60.9 Å². The van der Waals surface area contributed by atoms with Gasteiger partial charge in [-0.3, -0.25) is 38.5 Å². The van der Waals surface area contributed by atoms with Gasteiger partial charge in [-0.05, 0) is 134 Å². The molecule has 129 heavy (non-hydrogen) atoms. The van der Waals surface area contributed by atoms with Crippen LogP contribution >= 0.6 is 23.2 Å². The second-order valence-electron chi connectivity index (χ2n) is 33.2. The number of carbonyl (C=O) groups is 10. The van der Waals surface area contributed by atoms with E-state index >= 15 is 28.8 Å². The number of carboxylic acids is 1. The highest BCUT2D eigenvalue weighted by Gasteiger charge is 2.52. The number of aliphatic hydroxyl groups excluding tert-OH is 7. The van der Waals surface area contributed by atoms with E-state index in [9.17, 15) is 80.5 Å². The first-order chi connectivity index (χ1) is 61.2. The third kappa shape index (κ3) is 20.8. The molecule has 7 aromatic rings. The highest BCUT2D eigenvalue weighted by Crippen LogP contribution is 2.51. The molecule has 0 unspecified atom stereocenters. The monoisotopic (exact) mass is 1830 g/mol. The van der Waals surface area contributed by atoms with Crippen molar-refractivity contribution in [3.63, 3.8) is 0 Å². The summed E-state index contributed by atoms with van der Waals surface area (Å²) in [7, 11) is 2.16. The van der Waals surface area contributed by atoms with Gasteiger partial charge in [0.15, 0.2) is 35.1 Å². The van der Waals surface area contributed by atoms with E-state index in [1.165, 1.54) is 37.4 Å². The Morgan fingerprint density at radius 1 is 0.574 bits per heavy atom. The molecule has 15 rings (SSSR count). The van der Waals surface area contributed by atoms with Crippen molar-refractivity contribution in [2.45, 2.75) is 201 Å². The number of hydrogen-bond acceptors (Lipinski definition) is 30. The lowest BCUT2D eigenvalue weighted by Gasteiger charge is -2.41. The minimum absolute atomic E-state index is 0.0528. The van der Waals surface area contributed by atoms with Crippen molar-refractivity contribution in [1.82, 2.24) is 42.1 Å². The second kappa shape index (κ2) is 39.2. The van der Waals surface area contributed by atoms with Crippen LogP contribution in [0, 0.1) is 5.92 Å². The molecule has 8 amide bonds. The van der Waals surface area contributed by atoms with Crippen molar-refractivity contribution in [3.05, 3.63) is 164 Å². The Balaban J connectivity index is 1.05. The number of aliphatic carboxylic acids is 1. The van der Waals surface area contributed by atoms with E-state index in [1.54, 1.807) is 20.8 Å². The lowest BCUT2D eigenvalue weighted by molar-refractivity contribution is -0.277. The van der Waals surface area contributed by atoms with Crippen LogP contribution in [0.5, 0.6) is 69.0 Å². The van der Waals surface area contributed by atoms with E-state index in [2.05, 4.69) is 51.1 Å². The number of hydrogen-bond donors (Lipinski definition) is 19. The standard InChI is InChI=1S/C88H96Cl2N8O31/c1-36(2)13-11-9-8-10-12-14-59(104)92-67-71(107)73(109)76(84(119)121-7)128-85(67)127-75-56-29-41-30-57(75)124-53-24-19-40(27-48(53)89)69(105)66-81(115)96-65(83(117)118)46-31-42(100)32-55(125-86-74(110)72(108)70(106)58(35-99)126-86)60(46)45-26-38(17-22-50(45)101)62(78(112)97-66)93-79(113)63(41)94-80(114)64-47-33-44(34-52(103)61(47)90)123-54-28-39(18-23-51(54)102)68(98(6)87(120)129-88(3,4)5)82(116)91-49(77(111)95-64)25-37-15-20-43(122-56)21-16-37/h15-24,26-34,36,49,58,62-74,76,85-86,99-103,105-110H,8-14,25,35H2,1-7H3,(H,91,116)(H,92,104)(H,93,113)(H,94,114)(H,95,111)(H,96,115)(H,97,112)(H,117,118)/t49-,58-,62-,63-,64+,65-,66+,67-,68-,69-,70-,71-,72+,73+,74+,76+,85-,86+/m1/s1. The number of aliphatic hydroxyl groups is 7. The fourth-order valence-corrected chi connectivity index (χ4v) is 16.1. The molecule has 8 aliphatic heterocycles. The number of likely N-dealkylation sites (N-methyl/N-ethyl adjacent to an activating group) is 1. The summed E-state index contributed by atoms with van der Waals surface area (Å²) in [5.74, 6) is -19.3. The van der Waals surface area contributed by atoms with E-state index < -0.39 is 294 Å². The maximum absolute atomic E-state index is 16.8. The van der Waals surface area contributed by atoms with E-state index in [4.69, 9.17) is 65.8 Å². The molecule has 0 radical (unpaired) electrons. The minimum Gasteiger partial charge on any atom is -0.508 e. The third-order valence-corrected chi connectivity index (χ3v) is 23.0. The topological polar surface area (TPSA) is 584 Å². The van der Waals surface area contributed by atoms with E-state index in [0.717, 1.165) is 123 Å². The molecule has 0 spiro atoms. The van der Waals surface area contributed by atoms with E-state index in [-0.39, 0.29) is 28.9 Å². The number of carboxylic acid groups (broad SMARTS) is 1. The summed E-state index contributed by atoms with van der Waals surface area (Å²) in [5.41, 5.74) is -4.86. The Kier molecular flexibility index (Phi) is 28.6. The molecule has 18 atom stereocenters. The number of esters is 1. The summed E-state index contributed by atoms with van der Waals surface area (Å²) in [5, 5.41) is 155. The summed E-state index contributed by atoms with van der Waals surface area (Å²) in [4.78, 5) is 153. The molecule has 8 heterocycles. The molecule has 8 aliphatic rings. The predicted molar refractivity (Wildman–Crippen MR) is 448 cm³/mol. The van der Waals surface area contributed by atoms with Crippen LogP contribution in [0.3, 0.4) is 0 Å². The number of halogens is 2. The summed E-state index contributed by atoms with van der Waals surface area (Å²) in [6.07, 6.45) is -18.3. The minimum atomic E-state index is -2.50. The third-order valence-electron chi connectivity index (χ3n) is 22.3. The van der Waals surface area contributed by atoms with Crippen LogP contribution in [-0.2, 0) is 68.5 Å². The number of phenols is 4. The molecule has 7 aromatic carbocycles. The fourth-order valence-electron chi connectivity index (χ4n) is 15.6. The molecular formula is C88H96Cl2N8O31. The van der Waals surface area contributed by atoms with Crippen molar-refractivity contribution < 1.29 is 152 Å². The zero-order valence-corrected chi connectivity index (χ0v) is 71.6. The number of unbranched alkanes of at least 4 members (excludes halogenated alkanes) is 4. The summed E-state index contributed by atoms with van der Waals surface area (Å²) < 4.78 is 55.2. The van der Waals surface area contributed by atoms with Gasteiger partial charge in [0, 0.05) is 54.3 Å². The molecular weight excluding hydrogens is 1740 g/mol. The molecule has 0 aromatic heterocycles. The Morgan fingerprint density at radius 3 is 1.89 bits per heavy atom. The highest BCUT2D eigenvalue weighted by atomic mass is 35.5. The smallest absolute Gasteiger partial charge is 0.410 e. The number of amides is 8. The van der Waals surface area contributed by atoms with Gasteiger partial charge in [0.2, 0.25) is 59.7 Å². The van der Waals surface area contributed by atoms with Crippen LogP contribution in [0.1, 0.15) is 155 Å². The fraction of sp³-hybridized carbons (Fsp3) is 0.409. The average molecular weight is 1830 g/mol. The number of methoxy groups -OCH3 is 1. The molecule has 39 nitrogen and oxygen atoms in total. The van der Waals surface area contributed by atoms with E-state index in [1.807, 2.05) is 0 Å². The quantitative estimate of drug-likeness (QED) is 0.0393. The Labute approximate surface area is 745 Å². The van der Waals surface area contributed by atoms with Gasteiger partial charge in [-0.25, -0.2) is 14.4 Å². The number of fused-ring (bicyclic) bond motifs is 14. The molecule has 688 valence electrons. The van der Waals surface area contributed by atoms with Crippen molar-refractivity contribution in [2.24, 2.45) is 5.92 Å². The largest absolute Gasteiger partial charge is 0.508 e. The van der Waals surface area contributed by atoms with Crippen LogP contribution in [-0.4, -0.2) is 225 Å². The summed E-state index contributed by atoms with van der Waals surface area (Å²) in [6.45, 7) is 7.89. The van der Waals surface area contributed by atoms with Crippen molar-refractivity contribution in [1.29, 1.82) is 0 Å². The summed E-state index contributed by atoms with van der Waals surface area (Å²) in [6, 6.07) is 3.16. The Bertz CT molecular complexity index is 5480. The maximum atomic E-state index is 16.8. The van der Waals surface area contributed by atoms with Gasteiger partial charge in [-0.2, -0.15) is 0 Å². The zero-order valence-electron chi connectivity index (χ0n) is 70.1. The van der Waals surface area contributed by atoms with Crippen LogP contribution in [0.4, 0.5) is 4.79 Å². The van der Waals surface area contributed by atoms with Crippen molar-refractivity contribution >= 4 is 82.6 Å². The normalized spacial score (nSPS) is 25.7. The first kappa shape index (κ1) is 94.1. The number of carbonyl (C=O) groups excluding carboxylic acids is 9. The number of aromatic hydroxyl groups is 4. The van der Waals surface area contributed by atoms with Crippen LogP contribution in [0.25, 0.3) is 11.1 Å². The second-order valence-corrected chi connectivity index (χ2v) is 34.0. The Hall–Kier alpha value is -12.5. The first-order valence-corrected chi connectivity index (χ1v) is 41.8. The molecule has 41 heteroatoms. The Morgan fingerprint density at radius 2 is 1.21 bits per heavy atom. The van der Waals surface area contributed by atoms with Crippen LogP contribution in [0.15, 0.2) is 115 Å². The molecule has 19 N–H and O–H groups in total. The lowest BCUT2D eigenvalue weighted by atomic mass is 9.89. The van der Waals surface area contributed by atoms with Gasteiger partial charge in [0.1, 0.15) is 131 Å². The number of ether oxygens (including phenoxy) is 9. The zero-order chi connectivity index (χ0) is 93.2. The van der Waals surface area contributed by atoms with Gasteiger partial charge in [0.25, 0.3) is 0 Å². The van der Waals surface area contributed by atoms with Crippen molar-refractivity contribution in [3.8, 4) is 80.1 Å². The molecule has 0 aliphatic carbocycles. The number of rotatable bonds is 17. The molecule has 17 bridgehead atoms. The SMILES string of the molecule is COC(=O)[C@H]1O[C@@H](Oc2c3cc4cc2Oc2ccc(cc2Cl)[C@@H](O)[C@@H]2NC(=O)[C@H](NC(=O)[C@@H]4NC(=O)[C@H]4NC(=O)[C@@H](Cc5ccc(cc5)O3)NC(=O)[C@H](N(C)C(=O)OC(C)(C)C)c3ccc(O)c(c3)Oc3cc(O)c(Cl)c4c3)c3ccc(O)c(c3)-c3c(O[C@H]4O[C@H](CO)[C@@H](O)[C@H](O)[C@@H]4O)cc(O)cc3[C@H](C(=O)O)NC2=O)[C@H](NC(=O)CCCCCCCC(C)C)[C@@H](O)[C@@H]1O. The number of nitrogens with one attached hydrogen (secondary N) is 7. The van der Waals surface area contributed by atoms with Crippen LogP contribution in [0.2, 0.25) is 10.0 Å². The van der Waals surface area contributed by atoms with Gasteiger partial charge < -0.3 is 141 Å². The predicted octanol–water partition coefficient (Wildman–Crippen LogP) is 5.53. The van der Waals surface area contributed by atoms with E-state index in [0.29, 0.717) is 18.8 Å². The van der Waals surface area contributed by atoms with Gasteiger partial charge in [-0.15, -0.1) is 0 Å². The summed E-state index contributed by atoms with van der Waals surface area (Å²) >= 11 is 14.3. The number of phenolic OH excluding ortho intramolecular Hbond substituents is 4. The van der Waals surface area contributed by atoms with Gasteiger partial charge in [-0.1, -0.05) is 99.5 Å². The molecule has 2 fully saturated rings.